The molecular weight excluding hydrogens is 426 g/mol. The van der Waals surface area contributed by atoms with Crippen LogP contribution in [-0.4, -0.2) is 54.6 Å². The maximum atomic E-state index is 13.0. The minimum absolute atomic E-state index is 0.0226. The number of fused-ring (bicyclic) bond motifs is 1. The van der Waals surface area contributed by atoms with E-state index >= 15 is 0 Å². The van der Waals surface area contributed by atoms with Crippen LogP contribution >= 0.6 is 11.8 Å². The number of hydrogen-bond acceptors (Lipinski definition) is 5. The van der Waals surface area contributed by atoms with Crippen molar-refractivity contribution in [3.8, 4) is 5.75 Å². The normalized spacial score (nSPS) is 15.8. The Morgan fingerprint density at radius 1 is 1.09 bits per heavy atom. The topological polar surface area (TPSA) is 79.0 Å². The van der Waals surface area contributed by atoms with E-state index < -0.39 is 0 Å². The molecule has 2 aliphatic heterocycles. The molecule has 4 rings (SSSR count). The Morgan fingerprint density at radius 2 is 1.88 bits per heavy atom. The average Bonchev–Trinajstić information content (AvgIpc) is 2.82. The first-order valence-corrected chi connectivity index (χ1v) is 11.9. The molecule has 168 valence electrons. The van der Waals surface area contributed by atoms with E-state index in [1.54, 1.807) is 18.2 Å². The highest BCUT2D eigenvalue weighted by atomic mass is 32.2. The monoisotopic (exact) mass is 453 g/mol. The van der Waals surface area contributed by atoms with Gasteiger partial charge in [-0.1, -0.05) is 12.1 Å². The van der Waals surface area contributed by atoms with Crippen molar-refractivity contribution in [1.82, 2.24) is 4.90 Å². The van der Waals surface area contributed by atoms with Crippen LogP contribution in [-0.2, 0) is 9.59 Å². The van der Waals surface area contributed by atoms with Crippen LogP contribution in [0, 0.1) is 0 Å². The molecule has 7 nitrogen and oxygen atoms in total. The van der Waals surface area contributed by atoms with E-state index in [4.69, 9.17) is 4.74 Å². The smallest absolute Gasteiger partial charge is 0.253 e. The number of benzene rings is 2. The Morgan fingerprint density at radius 3 is 2.66 bits per heavy atom. The molecule has 1 fully saturated rings. The van der Waals surface area contributed by atoms with Crippen molar-refractivity contribution in [3.63, 3.8) is 0 Å². The van der Waals surface area contributed by atoms with E-state index in [2.05, 4.69) is 5.32 Å². The van der Waals surface area contributed by atoms with Gasteiger partial charge in [0.25, 0.3) is 5.91 Å². The second-order valence-electron chi connectivity index (χ2n) is 7.78. The highest BCUT2D eigenvalue weighted by Crippen LogP contribution is 2.36. The first kappa shape index (κ1) is 22.2. The fourth-order valence-electron chi connectivity index (χ4n) is 3.97. The number of para-hydroxylation sites is 2. The summed E-state index contributed by atoms with van der Waals surface area (Å²) in [4.78, 5) is 42.7. The Bertz CT molecular complexity index is 1020. The molecule has 0 aliphatic carbocycles. The second kappa shape index (κ2) is 10.1. The summed E-state index contributed by atoms with van der Waals surface area (Å²) in [7, 11) is 0. The third kappa shape index (κ3) is 4.91. The molecule has 0 bridgehead atoms. The Kier molecular flexibility index (Phi) is 6.99. The zero-order chi connectivity index (χ0) is 22.5. The van der Waals surface area contributed by atoms with Crippen LogP contribution < -0.4 is 15.0 Å². The van der Waals surface area contributed by atoms with E-state index in [0.717, 1.165) is 37.2 Å². The van der Waals surface area contributed by atoms with Crippen molar-refractivity contribution in [2.45, 2.75) is 31.1 Å². The molecule has 8 heteroatoms. The minimum atomic E-state index is -0.323. The summed E-state index contributed by atoms with van der Waals surface area (Å²) in [6.45, 7) is 3.75. The van der Waals surface area contributed by atoms with Gasteiger partial charge in [0.1, 0.15) is 12.3 Å². The number of ether oxygens (including phenoxy) is 1. The number of rotatable bonds is 6. The molecule has 2 heterocycles. The zero-order valence-electron chi connectivity index (χ0n) is 18.1. The lowest BCUT2D eigenvalue weighted by atomic mass is 10.1. The average molecular weight is 454 g/mol. The van der Waals surface area contributed by atoms with Gasteiger partial charge in [-0.05, 0) is 56.5 Å². The van der Waals surface area contributed by atoms with Crippen LogP contribution in [0.5, 0.6) is 5.75 Å². The van der Waals surface area contributed by atoms with E-state index in [-0.39, 0.29) is 30.0 Å². The molecule has 1 saturated heterocycles. The van der Waals surface area contributed by atoms with Gasteiger partial charge >= 0.3 is 0 Å². The number of nitrogens with one attached hydrogen (secondary N) is 1. The molecule has 2 aliphatic rings. The SMILES string of the molecule is CCOc1ccccc1NC(=O)CN1C(=O)CSc2ccc(C(=O)N3CCCCC3)cc21. The molecule has 0 atom stereocenters. The molecule has 2 aromatic carbocycles. The van der Waals surface area contributed by atoms with Crippen LogP contribution in [0.2, 0.25) is 0 Å². The number of piperidine rings is 1. The largest absolute Gasteiger partial charge is 0.492 e. The molecule has 0 aromatic heterocycles. The van der Waals surface area contributed by atoms with Crippen molar-refractivity contribution >= 4 is 40.9 Å². The molecule has 0 spiro atoms. The predicted molar refractivity (Wildman–Crippen MR) is 126 cm³/mol. The number of amides is 3. The molecular formula is C24H27N3O4S. The van der Waals surface area contributed by atoms with E-state index in [9.17, 15) is 14.4 Å². The zero-order valence-corrected chi connectivity index (χ0v) is 19.0. The number of nitrogens with zero attached hydrogens (tertiary/aromatic N) is 2. The summed E-state index contributed by atoms with van der Waals surface area (Å²) in [5.74, 6) is 0.341. The molecule has 32 heavy (non-hydrogen) atoms. The summed E-state index contributed by atoms with van der Waals surface area (Å²) in [5.41, 5.74) is 1.72. The van der Waals surface area contributed by atoms with Gasteiger partial charge in [0.2, 0.25) is 11.8 Å². The lowest BCUT2D eigenvalue weighted by Crippen LogP contribution is -2.41. The van der Waals surface area contributed by atoms with Crippen molar-refractivity contribution in [2.24, 2.45) is 0 Å². The molecule has 0 radical (unpaired) electrons. The van der Waals surface area contributed by atoms with E-state index in [0.29, 0.717) is 29.3 Å². The maximum absolute atomic E-state index is 13.0. The maximum Gasteiger partial charge on any atom is 0.253 e. The van der Waals surface area contributed by atoms with Gasteiger partial charge in [0.15, 0.2) is 0 Å². The third-order valence-corrected chi connectivity index (χ3v) is 6.60. The summed E-state index contributed by atoms with van der Waals surface area (Å²) in [5, 5.41) is 2.84. The molecule has 3 amide bonds. The lowest BCUT2D eigenvalue weighted by Gasteiger charge is -2.30. The van der Waals surface area contributed by atoms with Crippen LogP contribution in [0.1, 0.15) is 36.5 Å². The Labute approximate surface area is 192 Å². The van der Waals surface area contributed by atoms with Crippen molar-refractivity contribution in [1.29, 1.82) is 0 Å². The summed E-state index contributed by atoms with van der Waals surface area (Å²) < 4.78 is 5.56. The van der Waals surface area contributed by atoms with Gasteiger partial charge in [-0.25, -0.2) is 0 Å². The number of carbonyl (C=O) groups is 3. The predicted octanol–water partition coefficient (Wildman–Crippen LogP) is 3.79. The Hall–Kier alpha value is -3.00. The highest BCUT2D eigenvalue weighted by Gasteiger charge is 2.28. The van der Waals surface area contributed by atoms with Crippen molar-refractivity contribution in [3.05, 3.63) is 48.0 Å². The summed E-state index contributed by atoms with van der Waals surface area (Å²) in [6, 6.07) is 12.6. The van der Waals surface area contributed by atoms with Gasteiger partial charge in [0, 0.05) is 23.5 Å². The molecule has 1 N–H and O–H groups in total. The standard InChI is InChI=1S/C24H27N3O4S/c1-2-31-20-9-5-4-8-18(20)25-22(28)15-27-19-14-17(10-11-21(19)32-16-23(27)29)24(30)26-12-6-3-7-13-26/h4-5,8-11,14H,2-3,6-7,12-13,15-16H2,1H3,(H,25,28). The van der Waals surface area contributed by atoms with Crippen LogP contribution in [0.15, 0.2) is 47.4 Å². The first-order chi connectivity index (χ1) is 15.6. The van der Waals surface area contributed by atoms with Crippen LogP contribution in [0.3, 0.4) is 0 Å². The van der Waals surface area contributed by atoms with Crippen molar-refractivity contribution < 1.29 is 19.1 Å². The quantitative estimate of drug-likeness (QED) is 0.720. The van der Waals surface area contributed by atoms with E-state index in [1.807, 2.05) is 36.1 Å². The molecule has 2 aromatic rings. The lowest BCUT2D eigenvalue weighted by molar-refractivity contribution is -0.120. The number of anilines is 2. The van der Waals surface area contributed by atoms with Crippen LogP contribution in [0.4, 0.5) is 11.4 Å². The number of hydrogen-bond donors (Lipinski definition) is 1. The summed E-state index contributed by atoms with van der Waals surface area (Å²) >= 11 is 1.43. The summed E-state index contributed by atoms with van der Waals surface area (Å²) in [6.07, 6.45) is 3.18. The minimum Gasteiger partial charge on any atom is -0.492 e. The van der Waals surface area contributed by atoms with Gasteiger partial charge < -0.3 is 19.9 Å². The first-order valence-electron chi connectivity index (χ1n) is 10.9. The molecule has 0 saturated carbocycles. The van der Waals surface area contributed by atoms with Gasteiger partial charge in [0.05, 0.1) is 23.7 Å². The van der Waals surface area contributed by atoms with Crippen molar-refractivity contribution in [2.75, 3.05) is 42.2 Å². The number of likely N-dealkylation sites (tertiary alicyclic amines) is 1. The van der Waals surface area contributed by atoms with Gasteiger partial charge in [-0.3, -0.25) is 14.4 Å². The fraction of sp³-hybridized carbons (Fsp3) is 0.375. The van der Waals surface area contributed by atoms with Gasteiger partial charge in [-0.2, -0.15) is 0 Å². The number of carbonyl (C=O) groups excluding carboxylic acids is 3. The van der Waals surface area contributed by atoms with E-state index in [1.165, 1.54) is 16.7 Å². The fourth-order valence-corrected chi connectivity index (χ4v) is 4.89. The third-order valence-electron chi connectivity index (χ3n) is 5.55. The van der Waals surface area contributed by atoms with Crippen LogP contribution in [0.25, 0.3) is 0 Å². The van der Waals surface area contributed by atoms with Gasteiger partial charge in [-0.15, -0.1) is 11.8 Å². The second-order valence-corrected chi connectivity index (χ2v) is 8.80. The highest BCUT2D eigenvalue weighted by molar-refractivity contribution is 8.00. The molecule has 0 unspecified atom stereocenters. The Balaban J connectivity index is 1.53. The number of thioether (sulfide) groups is 1.